The van der Waals surface area contributed by atoms with E-state index in [2.05, 4.69) is 4.98 Å². The minimum Gasteiger partial charge on any atom is -0.476 e. The third-order valence-corrected chi connectivity index (χ3v) is 1.80. The molecule has 2 aromatic heterocycles. The van der Waals surface area contributed by atoms with E-state index in [4.69, 9.17) is 10.4 Å². The maximum atomic E-state index is 10.6. The molecule has 0 bridgehead atoms. The molecule has 15 heavy (non-hydrogen) atoms. The summed E-state index contributed by atoms with van der Waals surface area (Å²) in [5, 5.41) is 17.3. The minimum atomic E-state index is -1.08. The third kappa shape index (κ3) is 1.97. The van der Waals surface area contributed by atoms with Crippen molar-refractivity contribution in [3.8, 4) is 6.07 Å². The van der Waals surface area contributed by atoms with Gasteiger partial charge in [-0.1, -0.05) is 0 Å². The summed E-state index contributed by atoms with van der Waals surface area (Å²) in [6.07, 6.45) is 2.91. The zero-order valence-electron chi connectivity index (χ0n) is 7.41. The zero-order valence-corrected chi connectivity index (χ0v) is 9.13. The standard InChI is InChI=1S/C9H5N3O2.BrH/c10-3-6-1-2-8-11-7(9(13)14)5-12(8)4-6;/h1-2,4-5H,(H,13,14);1H. The normalized spacial score (nSPS) is 9.27. The summed E-state index contributed by atoms with van der Waals surface area (Å²) in [4.78, 5) is 14.4. The van der Waals surface area contributed by atoms with Gasteiger partial charge >= 0.3 is 5.97 Å². The molecule has 0 atom stereocenters. The molecule has 0 aliphatic carbocycles. The molecule has 0 fully saturated rings. The number of aromatic carboxylic acids is 1. The average Bonchev–Trinajstić information content (AvgIpc) is 2.59. The van der Waals surface area contributed by atoms with E-state index in [-0.39, 0.29) is 22.7 Å². The fourth-order valence-corrected chi connectivity index (χ4v) is 1.16. The third-order valence-electron chi connectivity index (χ3n) is 1.80. The molecule has 6 heteroatoms. The number of hydrogen-bond donors (Lipinski definition) is 1. The van der Waals surface area contributed by atoms with Crippen LogP contribution >= 0.6 is 17.0 Å². The number of fused-ring (bicyclic) bond motifs is 1. The zero-order chi connectivity index (χ0) is 10.1. The predicted molar refractivity (Wildman–Crippen MR) is 57.2 cm³/mol. The summed E-state index contributed by atoms with van der Waals surface area (Å²) < 4.78 is 1.52. The maximum absolute atomic E-state index is 10.6. The van der Waals surface area contributed by atoms with Crippen molar-refractivity contribution >= 4 is 28.6 Å². The first-order valence-electron chi connectivity index (χ1n) is 3.83. The van der Waals surface area contributed by atoms with E-state index < -0.39 is 5.97 Å². The van der Waals surface area contributed by atoms with Gasteiger partial charge in [-0.15, -0.1) is 17.0 Å². The minimum absolute atomic E-state index is 0. The highest BCUT2D eigenvalue weighted by Gasteiger charge is 2.08. The molecule has 0 unspecified atom stereocenters. The molecule has 0 saturated carbocycles. The van der Waals surface area contributed by atoms with Crippen molar-refractivity contribution in [3.63, 3.8) is 0 Å². The first kappa shape index (κ1) is 11.2. The molecule has 76 valence electrons. The van der Waals surface area contributed by atoms with Gasteiger partial charge in [0.05, 0.1) is 5.56 Å². The van der Waals surface area contributed by atoms with E-state index in [1.807, 2.05) is 6.07 Å². The van der Waals surface area contributed by atoms with Crippen LogP contribution in [0.4, 0.5) is 0 Å². The number of carbonyl (C=O) groups is 1. The molecule has 0 aliphatic rings. The van der Waals surface area contributed by atoms with Crippen molar-refractivity contribution in [3.05, 3.63) is 35.8 Å². The van der Waals surface area contributed by atoms with E-state index in [9.17, 15) is 4.79 Å². The number of hydrogen-bond acceptors (Lipinski definition) is 3. The van der Waals surface area contributed by atoms with Gasteiger partial charge in [-0.2, -0.15) is 5.26 Å². The number of nitrogens with zero attached hydrogens (tertiary/aromatic N) is 3. The largest absolute Gasteiger partial charge is 0.476 e. The Balaban J connectivity index is 0.00000112. The Morgan fingerprint density at radius 3 is 2.80 bits per heavy atom. The molecule has 2 rings (SSSR count). The Morgan fingerprint density at radius 1 is 1.47 bits per heavy atom. The van der Waals surface area contributed by atoms with Gasteiger partial charge in [0.25, 0.3) is 0 Å². The number of nitriles is 1. The van der Waals surface area contributed by atoms with Crippen molar-refractivity contribution in [1.82, 2.24) is 9.38 Å². The van der Waals surface area contributed by atoms with Crippen LogP contribution in [-0.4, -0.2) is 20.5 Å². The molecule has 0 saturated heterocycles. The van der Waals surface area contributed by atoms with Crippen molar-refractivity contribution in [2.24, 2.45) is 0 Å². The average molecular weight is 268 g/mol. The van der Waals surface area contributed by atoms with E-state index in [1.54, 1.807) is 12.1 Å². The van der Waals surface area contributed by atoms with Crippen molar-refractivity contribution in [1.29, 1.82) is 5.26 Å². The second-order valence-corrected chi connectivity index (χ2v) is 2.73. The molecule has 5 nitrogen and oxygen atoms in total. The van der Waals surface area contributed by atoms with Crippen LogP contribution in [0.1, 0.15) is 16.1 Å². The SMILES string of the molecule is Br.N#Cc1ccc2nc(C(=O)O)cn2c1. The van der Waals surface area contributed by atoms with Crippen LogP contribution in [0.15, 0.2) is 24.5 Å². The molecule has 0 spiro atoms. The van der Waals surface area contributed by atoms with Gasteiger partial charge in [-0.3, -0.25) is 0 Å². The molecular weight excluding hydrogens is 262 g/mol. The number of rotatable bonds is 1. The number of aromatic nitrogens is 2. The second kappa shape index (κ2) is 4.11. The Bertz CT molecular complexity index is 556. The smallest absolute Gasteiger partial charge is 0.356 e. The van der Waals surface area contributed by atoms with Gasteiger partial charge in [-0.25, -0.2) is 9.78 Å². The molecule has 0 aromatic carbocycles. The van der Waals surface area contributed by atoms with Crippen LogP contribution in [0.5, 0.6) is 0 Å². The van der Waals surface area contributed by atoms with Gasteiger partial charge in [0.15, 0.2) is 5.69 Å². The molecular formula is C9H6BrN3O2. The number of pyridine rings is 1. The lowest BCUT2D eigenvalue weighted by Gasteiger charge is -1.91. The number of carboxylic acid groups (broad SMARTS) is 1. The highest BCUT2D eigenvalue weighted by atomic mass is 79.9. The first-order valence-corrected chi connectivity index (χ1v) is 3.83. The summed E-state index contributed by atoms with van der Waals surface area (Å²) in [7, 11) is 0. The Kier molecular flexibility index (Phi) is 3.07. The highest BCUT2D eigenvalue weighted by molar-refractivity contribution is 8.93. The molecule has 1 N–H and O–H groups in total. The van der Waals surface area contributed by atoms with E-state index >= 15 is 0 Å². The summed E-state index contributed by atoms with van der Waals surface area (Å²) in [6, 6.07) is 5.15. The highest BCUT2D eigenvalue weighted by Crippen LogP contribution is 2.06. The second-order valence-electron chi connectivity index (χ2n) is 2.73. The Labute approximate surface area is 95.4 Å². The van der Waals surface area contributed by atoms with Gasteiger partial charge in [0, 0.05) is 12.4 Å². The lowest BCUT2D eigenvalue weighted by atomic mass is 10.3. The van der Waals surface area contributed by atoms with Gasteiger partial charge in [0.2, 0.25) is 0 Å². The van der Waals surface area contributed by atoms with Crippen LogP contribution in [0.2, 0.25) is 0 Å². The number of halogens is 1. The monoisotopic (exact) mass is 267 g/mol. The lowest BCUT2D eigenvalue weighted by molar-refractivity contribution is 0.0691. The van der Waals surface area contributed by atoms with Gasteiger partial charge in [0.1, 0.15) is 11.7 Å². The molecule has 0 aliphatic heterocycles. The van der Waals surface area contributed by atoms with Crippen LogP contribution < -0.4 is 0 Å². The summed E-state index contributed by atoms with van der Waals surface area (Å²) in [5.74, 6) is -1.08. The fourth-order valence-electron chi connectivity index (χ4n) is 1.16. The summed E-state index contributed by atoms with van der Waals surface area (Å²) >= 11 is 0. The molecule has 2 heterocycles. The first-order chi connectivity index (χ1) is 6.70. The van der Waals surface area contributed by atoms with Crippen LogP contribution in [0.25, 0.3) is 5.65 Å². The van der Waals surface area contributed by atoms with E-state index in [0.29, 0.717) is 11.2 Å². The van der Waals surface area contributed by atoms with Crippen LogP contribution in [-0.2, 0) is 0 Å². The molecule has 0 amide bonds. The number of imidazole rings is 1. The summed E-state index contributed by atoms with van der Waals surface area (Å²) in [6.45, 7) is 0. The van der Waals surface area contributed by atoms with Crippen molar-refractivity contribution in [2.75, 3.05) is 0 Å². The van der Waals surface area contributed by atoms with Gasteiger partial charge < -0.3 is 9.51 Å². The molecule has 2 aromatic rings. The maximum Gasteiger partial charge on any atom is 0.356 e. The summed E-state index contributed by atoms with van der Waals surface area (Å²) in [5.41, 5.74) is 0.952. The Hall–Kier alpha value is -1.87. The van der Waals surface area contributed by atoms with Crippen LogP contribution in [0, 0.1) is 11.3 Å². The fraction of sp³-hybridized carbons (Fsp3) is 0. The van der Waals surface area contributed by atoms with E-state index in [1.165, 1.54) is 16.8 Å². The van der Waals surface area contributed by atoms with E-state index in [0.717, 1.165) is 0 Å². The van der Waals surface area contributed by atoms with Crippen molar-refractivity contribution < 1.29 is 9.90 Å². The van der Waals surface area contributed by atoms with Gasteiger partial charge in [-0.05, 0) is 12.1 Å². The topological polar surface area (TPSA) is 78.4 Å². The lowest BCUT2D eigenvalue weighted by Crippen LogP contribution is -1.94. The predicted octanol–water partition coefficient (Wildman–Crippen LogP) is 1.48. The quantitative estimate of drug-likeness (QED) is 0.849. The number of carboxylic acids is 1. The Morgan fingerprint density at radius 2 is 2.20 bits per heavy atom. The van der Waals surface area contributed by atoms with Crippen molar-refractivity contribution in [2.45, 2.75) is 0 Å². The molecule has 0 radical (unpaired) electrons. The van der Waals surface area contributed by atoms with Crippen LogP contribution in [0.3, 0.4) is 0 Å².